The minimum Gasteiger partial charge on any atom is -0.356 e. The Morgan fingerprint density at radius 1 is 1.00 bits per heavy atom. The van der Waals surface area contributed by atoms with Crippen LogP contribution >= 0.6 is 0 Å². The zero-order valence-corrected chi connectivity index (χ0v) is 16.4. The lowest BCUT2D eigenvalue weighted by atomic mass is 9.96. The third kappa shape index (κ3) is 3.26. The van der Waals surface area contributed by atoms with Gasteiger partial charge in [0.1, 0.15) is 5.82 Å². The molecule has 0 aliphatic carbocycles. The molecule has 0 amide bonds. The van der Waals surface area contributed by atoms with Crippen molar-refractivity contribution in [1.29, 1.82) is 0 Å². The monoisotopic (exact) mass is 390 g/mol. The van der Waals surface area contributed by atoms with Crippen molar-refractivity contribution in [2.45, 2.75) is 18.8 Å². The predicted octanol–water partition coefficient (Wildman–Crippen LogP) is 1.55. The first kappa shape index (κ1) is 17.5. The van der Waals surface area contributed by atoms with Gasteiger partial charge < -0.3 is 9.80 Å². The van der Waals surface area contributed by atoms with E-state index in [1.165, 1.54) is 0 Å². The van der Waals surface area contributed by atoms with Gasteiger partial charge in [-0.15, -0.1) is 15.3 Å². The van der Waals surface area contributed by atoms with Gasteiger partial charge in [0.2, 0.25) is 5.95 Å². The summed E-state index contributed by atoms with van der Waals surface area (Å²) in [7, 11) is 3.90. The highest BCUT2D eigenvalue weighted by Crippen LogP contribution is 2.29. The van der Waals surface area contributed by atoms with Crippen LogP contribution in [0.4, 0.5) is 11.8 Å². The molecule has 1 aliphatic heterocycles. The fraction of sp³-hybridized carbons (Fsp3) is 0.368. The van der Waals surface area contributed by atoms with Crippen molar-refractivity contribution in [3.05, 3.63) is 48.7 Å². The fourth-order valence-electron chi connectivity index (χ4n) is 3.67. The molecule has 148 valence electrons. The van der Waals surface area contributed by atoms with Crippen LogP contribution < -0.4 is 9.80 Å². The first-order chi connectivity index (χ1) is 14.2. The molecular weight excluding hydrogens is 368 g/mol. The van der Waals surface area contributed by atoms with E-state index < -0.39 is 0 Å². The molecule has 1 saturated heterocycles. The molecule has 0 atom stereocenters. The molecule has 0 bridgehead atoms. The largest absolute Gasteiger partial charge is 0.356 e. The lowest BCUT2D eigenvalue weighted by Gasteiger charge is -2.32. The van der Waals surface area contributed by atoms with E-state index >= 15 is 0 Å². The van der Waals surface area contributed by atoms with E-state index in [9.17, 15) is 0 Å². The van der Waals surface area contributed by atoms with E-state index in [1.807, 2.05) is 60.2 Å². The molecule has 0 unspecified atom stereocenters. The number of rotatable bonds is 4. The second-order valence-electron chi connectivity index (χ2n) is 7.34. The van der Waals surface area contributed by atoms with Crippen molar-refractivity contribution in [3.8, 4) is 5.82 Å². The molecule has 5 heterocycles. The number of hydrogen-bond acceptors (Lipinski definition) is 8. The van der Waals surface area contributed by atoms with Gasteiger partial charge in [0, 0.05) is 51.7 Å². The Bertz CT molecular complexity index is 1110. The average molecular weight is 390 g/mol. The first-order valence-corrected chi connectivity index (χ1v) is 9.67. The van der Waals surface area contributed by atoms with Crippen molar-refractivity contribution in [2.24, 2.45) is 0 Å². The van der Waals surface area contributed by atoms with Crippen LogP contribution in [-0.2, 0) is 0 Å². The fourth-order valence-corrected chi connectivity index (χ4v) is 3.67. The Morgan fingerprint density at radius 3 is 2.62 bits per heavy atom. The van der Waals surface area contributed by atoms with Crippen LogP contribution in [0.2, 0.25) is 0 Å². The third-order valence-corrected chi connectivity index (χ3v) is 5.22. The highest BCUT2D eigenvalue weighted by Gasteiger charge is 2.26. The van der Waals surface area contributed by atoms with E-state index in [4.69, 9.17) is 5.10 Å². The molecule has 1 fully saturated rings. The van der Waals surface area contributed by atoms with Crippen LogP contribution in [0, 0.1) is 0 Å². The molecule has 0 saturated carbocycles. The van der Waals surface area contributed by atoms with Crippen molar-refractivity contribution in [2.75, 3.05) is 37.0 Å². The highest BCUT2D eigenvalue weighted by atomic mass is 15.4. The number of anilines is 2. The van der Waals surface area contributed by atoms with Crippen LogP contribution in [0.3, 0.4) is 0 Å². The Labute approximate surface area is 167 Å². The molecule has 5 rings (SSSR count). The maximum atomic E-state index is 4.71. The van der Waals surface area contributed by atoms with E-state index in [0.717, 1.165) is 55.0 Å². The number of hydrogen-bond donors (Lipinski definition) is 0. The second-order valence-corrected chi connectivity index (χ2v) is 7.34. The van der Waals surface area contributed by atoms with Crippen molar-refractivity contribution >= 4 is 17.4 Å². The molecule has 0 spiro atoms. The zero-order chi connectivity index (χ0) is 19.8. The summed E-state index contributed by atoms with van der Waals surface area (Å²) in [5.41, 5.74) is 0.754. The van der Waals surface area contributed by atoms with Crippen LogP contribution in [0.1, 0.15) is 24.6 Å². The quantitative estimate of drug-likeness (QED) is 0.518. The van der Waals surface area contributed by atoms with E-state index in [0.29, 0.717) is 5.92 Å². The van der Waals surface area contributed by atoms with E-state index in [-0.39, 0.29) is 0 Å². The van der Waals surface area contributed by atoms with Gasteiger partial charge in [-0.2, -0.15) is 14.6 Å². The van der Waals surface area contributed by atoms with Crippen molar-refractivity contribution < 1.29 is 0 Å². The van der Waals surface area contributed by atoms with Gasteiger partial charge in [0.25, 0.3) is 0 Å². The maximum absolute atomic E-state index is 4.71. The standard InChI is InChI=1S/C19H22N10/c1-26(2)19-20-10-6-15(22-19)27-12-7-14(8-13-27)18-24-23-16-4-5-17(25-29(16)18)28-11-3-9-21-28/h3-6,9-11,14H,7-8,12-13H2,1-2H3. The summed E-state index contributed by atoms with van der Waals surface area (Å²) >= 11 is 0. The lowest BCUT2D eigenvalue weighted by molar-refractivity contribution is 0.474. The van der Waals surface area contributed by atoms with Crippen molar-refractivity contribution in [1.82, 2.24) is 39.6 Å². The summed E-state index contributed by atoms with van der Waals surface area (Å²) in [6.07, 6.45) is 7.37. The van der Waals surface area contributed by atoms with Gasteiger partial charge in [0.15, 0.2) is 17.3 Å². The molecule has 10 nitrogen and oxygen atoms in total. The van der Waals surface area contributed by atoms with E-state index in [1.54, 1.807) is 10.9 Å². The first-order valence-electron chi connectivity index (χ1n) is 9.67. The molecule has 10 heteroatoms. The van der Waals surface area contributed by atoms with Gasteiger partial charge in [0.05, 0.1) is 0 Å². The summed E-state index contributed by atoms with van der Waals surface area (Å²) in [4.78, 5) is 13.2. The molecule has 1 aliphatic rings. The molecule has 0 N–H and O–H groups in total. The highest BCUT2D eigenvalue weighted by molar-refractivity contribution is 5.44. The minimum absolute atomic E-state index is 0.303. The van der Waals surface area contributed by atoms with Crippen LogP contribution in [0.15, 0.2) is 42.9 Å². The molecule has 29 heavy (non-hydrogen) atoms. The van der Waals surface area contributed by atoms with E-state index in [2.05, 4.69) is 30.2 Å². The van der Waals surface area contributed by atoms with Gasteiger partial charge in [-0.25, -0.2) is 9.67 Å². The third-order valence-electron chi connectivity index (χ3n) is 5.22. The Kier molecular flexibility index (Phi) is 4.30. The predicted molar refractivity (Wildman–Crippen MR) is 108 cm³/mol. The van der Waals surface area contributed by atoms with Crippen molar-refractivity contribution in [3.63, 3.8) is 0 Å². The SMILES string of the molecule is CN(C)c1nccc(N2CCC(c3nnc4ccc(-n5cccn5)nn34)CC2)n1. The maximum Gasteiger partial charge on any atom is 0.226 e. The normalized spacial score (nSPS) is 15.2. The second kappa shape index (κ2) is 7.12. The van der Waals surface area contributed by atoms with Gasteiger partial charge in [-0.05, 0) is 37.1 Å². The molecule has 0 radical (unpaired) electrons. The smallest absolute Gasteiger partial charge is 0.226 e. The Balaban J connectivity index is 1.36. The summed E-state index contributed by atoms with van der Waals surface area (Å²) in [6, 6.07) is 7.68. The summed E-state index contributed by atoms with van der Waals surface area (Å²) in [5.74, 6) is 3.65. The number of fused-ring (bicyclic) bond motifs is 1. The Morgan fingerprint density at radius 2 is 1.86 bits per heavy atom. The number of nitrogens with zero attached hydrogens (tertiary/aromatic N) is 10. The van der Waals surface area contributed by atoms with Gasteiger partial charge in [-0.3, -0.25) is 0 Å². The Hall–Kier alpha value is -3.56. The number of piperidine rings is 1. The molecular formula is C19H22N10. The van der Waals surface area contributed by atoms with Crippen LogP contribution in [-0.4, -0.2) is 66.7 Å². The summed E-state index contributed by atoms with van der Waals surface area (Å²) in [6.45, 7) is 1.81. The molecule has 0 aromatic carbocycles. The van der Waals surface area contributed by atoms with Gasteiger partial charge in [-0.1, -0.05) is 0 Å². The molecule has 4 aromatic heterocycles. The zero-order valence-electron chi connectivity index (χ0n) is 16.4. The van der Waals surface area contributed by atoms with Crippen LogP contribution in [0.25, 0.3) is 11.5 Å². The lowest BCUT2D eigenvalue weighted by Crippen LogP contribution is -2.34. The average Bonchev–Trinajstić information content (AvgIpc) is 3.43. The summed E-state index contributed by atoms with van der Waals surface area (Å²) in [5, 5.41) is 17.7. The summed E-state index contributed by atoms with van der Waals surface area (Å²) < 4.78 is 3.59. The van der Waals surface area contributed by atoms with Gasteiger partial charge >= 0.3 is 0 Å². The molecule has 4 aromatic rings. The number of aromatic nitrogens is 8. The topological polar surface area (TPSA) is 93.2 Å². The minimum atomic E-state index is 0.303. The van der Waals surface area contributed by atoms with Crippen LogP contribution in [0.5, 0.6) is 0 Å².